The zero-order chi connectivity index (χ0) is 20.7. The third-order valence-corrected chi connectivity index (χ3v) is 6.15. The molecular formula is C21H26F3N2O2+. The predicted molar refractivity (Wildman–Crippen MR) is 99.2 cm³/mol. The number of aliphatic hydroxyl groups excluding tert-OH is 1. The first kappa shape index (κ1) is 20.7. The molecule has 2 aliphatic heterocycles. The second-order valence-electron chi connectivity index (χ2n) is 8.19. The molecule has 3 atom stereocenters. The van der Waals surface area contributed by atoms with Gasteiger partial charge in [-0.2, -0.15) is 13.2 Å². The Morgan fingerprint density at radius 3 is 2.71 bits per heavy atom. The van der Waals surface area contributed by atoms with Crippen LogP contribution >= 0.6 is 0 Å². The fourth-order valence-electron chi connectivity index (χ4n) is 4.89. The molecule has 0 bridgehead atoms. The molecule has 1 aromatic rings. The van der Waals surface area contributed by atoms with Crippen LogP contribution in [0.4, 0.5) is 13.2 Å². The average molecular weight is 395 g/mol. The third-order valence-electron chi connectivity index (χ3n) is 6.15. The molecular weight excluding hydrogens is 369 g/mol. The topological polar surface area (TPSA) is 40.5 Å². The van der Waals surface area contributed by atoms with E-state index in [0.717, 1.165) is 18.9 Å². The summed E-state index contributed by atoms with van der Waals surface area (Å²) < 4.78 is 41.6. The first-order chi connectivity index (χ1) is 13.1. The van der Waals surface area contributed by atoms with E-state index < -0.39 is 23.7 Å². The van der Waals surface area contributed by atoms with Gasteiger partial charge in [-0.05, 0) is 36.5 Å². The van der Waals surface area contributed by atoms with Gasteiger partial charge in [0.1, 0.15) is 12.6 Å². The number of terminal acetylenes is 1. The van der Waals surface area contributed by atoms with E-state index in [1.807, 2.05) is 0 Å². The standard InChI is InChI=1S/C21H26F3N2O2/c1-4-7-26(8-5-6-14(2)12-26)19(13-27)15-9-16-17(11-25(3)20(16)28)18(10-15)21(22,23)24/h1,9-10,14,19,27H,5-8,11-13H2,2-3H3/q+1/t14-,19?,26?/m0/s1. The van der Waals surface area contributed by atoms with Gasteiger partial charge in [0.25, 0.3) is 5.91 Å². The molecule has 3 rings (SSSR count). The van der Waals surface area contributed by atoms with Gasteiger partial charge in [0.2, 0.25) is 0 Å². The van der Waals surface area contributed by atoms with E-state index in [9.17, 15) is 23.1 Å². The van der Waals surface area contributed by atoms with Gasteiger partial charge in [0, 0.05) is 30.6 Å². The van der Waals surface area contributed by atoms with Crippen molar-refractivity contribution in [1.82, 2.24) is 4.90 Å². The fourth-order valence-corrected chi connectivity index (χ4v) is 4.89. The first-order valence-corrected chi connectivity index (χ1v) is 9.52. The lowest BCUT2D eigenvalue weighted by molar-refractivity contribution is -0.958. The molecule has 2 unspecified atom stereocenters. The highest BCUT2D eigenvalue weighted by Gasteiger charge is 2.44. The lowest BCUT2D eigenvalue weighted by Gasteiger charge is -2.47. The fraction of sp³-hybridized carbons (Fsp3) is 0.571. The Balaban J connectivity index is 2.16. The molecule has 1 fully saturated rings. The van der Waals surface area contributed by atoms with Crippen LogP contribution in [0.1, 0.15) is 52.9 Å². The van der Waals surface area contributed by atoms with E-state index >= 15 is 0 Å². The van der Waals surface area contributed by atoms with E-state index in [0.29, 0.717) is 35.6 Å². The summed E-state index contributed by atoms with van der Waals surface area (Å²) in [6.07, 6.45) is 2.96. The Morgan fingerprint density at radius 2 is 2.14 bits per heavy atom. The number of amides is 1. The normalized spacial score (nSPS) is 26.1. The maximum atomic E-state index is 13.8. The predicted octanol–water partition coefficient (Wildman–Crippen LogP) is 3.20. The molecule has 4 nitrogen and oxygen atoms in total. The summed E-state index contributed by atoms with van der Waals surface area (Å²) in [5, 5.41) is 10.2. The van der Waals surface area contributed by atoms with Crippen LogP contribution < -0.4 is 0 Å². The number of rotatable bonds is 4. The molecule has 0 aromatic heterocycles. The van der Waals surface area contributed by atoms with Crippen LogP contribution in [0.2, 0.25) is 0 Å². The molecule has 28 heavy (non-hydrogen) atoms. The molecule has 1 N–H and O–H groups in total. The number of hydrogen-bond acceptors (Lipinski definition) is 2. The van der Waals surface area contributed by atoms with Gasteiger partial charge >= 0.3 is 6.18 Å². The Bertz CT molecular complexity index is 815. The third kappa shape index (κ3) is 3.51. The van der Waals surface area contributed by atoms with Crippen LogP contribution in [-0.2, 0) is 12.7 Å². The summed E-state index contributed by atoms with van der Waals surface area (Å²) in [6.45, 7) is 3.44. The average Bonchev–Trinajstić information content (AvgIpc) is 2.89. The van der Waals surface area contributed by atoms with E-state index in [4.69, 9.17) is 6.42 Å². The van der Waals surface area contributed by atoms with Crippen LogP contribution in [0.15, 0.2) is 12.1 Å². The number of alkyl halides is 3. The number of quaternary nitrogens is 1. The van der Waals surface area contributed by atoms with E-state index in [-0.39, 0.29) is 24.3 Å². The van der Waals surface area contributed by atoms with Gasteiger partial charge in [-0.1, -0.05) is 6.92 Å². The number of likely N-dealkylation sites (tertiary alicyclic amines) is 1. The van der Waals surface area contributed by atoms with E-state index in [1.54, 1.807) is 0 Å². The maximum absolute atomic E-state index is 13.8. The van der Waals surface area contributed by atoms with Crippen LogP contribution in [0.3, 0.4) is 0 Å². The van der Waals surface area contributed by atoms with Gasteiger partial charge in [-0.3, -0.25) is 4.79 Å². The lowest BCUT2D eigenvalue weighted by atomic mass is 9.89. The maximum Gasteiger partial charge on any atom is 0.416 e. The van der Waals surface area contributed by atoms with E-state index in [2.05, 4.69) is 12.8 Å². The molecule has 2 heterocycles. The van der Waals surface area contributed by atoms with Crippen molar-refractivity contribution in [3.63, 3.8) is 0 Å². The number of benzene rings is 1. The number of carbonyl (C=O) groups excluding carboxylic acids is 1. The Hall–Kier alpha value is -2.04. The van der Waals surface area contributed by atoms with Gasteiger partial charge in [0.15, 0.2) is 0 Å². The molecule has 1 amide bonds. The zero-order valence-corrected chi connectivity index (χ0v) is 16.2. The van der Waals surface area contributed by atoms with Crippen molar-refractivity contribution in [2.75, 3.05) is 33.3 Å². The number of hydrogen-bond donors (Lipinski definition) is 1. The van der Waals surface area contributed by atoms with Crippen LogP contribution in [-0.4, -0.2) is 53.7 Å². The van der Waals surface area contributed by atoms with Gasteiger partial charge in [-0.15, -0.1) is 6.42 Å². The number of fused-ring (bicyclic) bond motifs is 1. The van der Waals surface area contributed by atoms with Gasteiger partial charge < -0.3 is 14.5 Å². The molecule has 1 saturated heterocycles. The minimum absolute atomic E-state index is 0.0101. The molecule has 0 spiro atoms. The largest absolute Gasteiger partial charge is 0.416 e. The van der Waals surface area contributed by atoms with Crippen molar-refractivity contribution in [3.8, 4) is 12.3 Å². The quantitative estimate of drug-likeness (QED) is 0.628. The van der Waals surface area contributed by atoms with Crippen molar-refractivity contribution in [2.45, 2.75) is 38.5 Å². The molecule has 7 heteroatoms. The summed E-state index contributed by atoms with van der Waals surface area (Å²) in [5.74, 6) is 2.60. The van der Waals surface area contributed by atoms with Crippen molar-refractivity contribution in [3.05, 3.63) is 34.4 Å². The second-order valence-corrected chi connectivity index (χ2v) is 8.19. The summed E-state index contributed by atoms with van der Waals surface area (Å²) in [6, 6.07) is 2.05. The molecule has 0 aliphatic carbocycles. The highest BCUT2D eigenvalue weighted by molar-refractivity contribution is 5.98. The number of nitrogens with zero attached hydrogens (tertiary/aromatic N) is 2. The minimum Gasteiger partial charge on any atom is -0.390 e. The minimum atomic E-state index is -4.57. The SMILES string of the molecule is C#CC[N+]1(C(CO)c2cc3c(c(C(F)(F)F)c2)CN(C)C3=O)CCC[C@H](C)C1. The summed E-state index contributed by atoms with van der Waals surface area (Å²) >= 11 is 0. The van der Waals surface area contributed by atoms with Crippen LogP contribution in [0.25, 0.3) is 0 Å². The molecule has 0 radical (unpaired) electrons. The molecule has 2 aliphatic rings. The molecule has 152 valence electrons. The first-order valence-electron chi connectivity index (χ1n) is 9.52. The number of carbonyl (C=O) groups is 1. The second kappa shape index (κ2) is 7.41. The Morgan fingerprint density at radius 1 is 1.43 bits per heavy atom. The monoisotopic (exact) mass is 395 g/mol. The highest BCUT2D eigenvalue weighted by Crippen LogP contribution is 2.42. The van der Waals surface area contributed by atoms with Crippen LogP contribution in [0.5, 0.6) is 0 Å². The van der Waals surface area contributed by atoms with Crippen molar-refractivity contribution < 1.29 is 27.6 Å². The van der Waals surface area contributed by atoms with Gasteiger partial charge in [0.05, 0.1) is 25.3 Å². The van der Waals surface area contributed by atoms with Gasteiger partial charge in [-0.25, -0.2) is 0 Å². The van der Waals surface area contributed by atoms with Crippen LogP contribution in [0, 0.1) is 18.3 Å². The van der Waals surface area contributed by atoms with Crippen molar-refractivity contribution in [1.29, 1.82) is 0 Å². The van der Waals surface area contributed by atoms with Crippen molar-refractivity contribution >= 4 is 5.91 Å². The highest BCUT2D eigenvalue weighted by atomic mass is 19.4. The van der Waals surface area contributed by atoms with E-state index in [1.165, 1.54) is 18.0 Å². The van der Waals surface area contributed by atoms with Crippen molar-refractivity contribution in [2.24, 2.45) is 5.92 Å². The Labute approximate surface area is 163 Å². The zero-order valence-electron chi connectivity index (χ0n) is 16.2. The smallest absolute Gasteiger partial charge is 0.390 e. The Kier molecular flexibility index (Phi) is 5.48. The number of halogens is 3. The number of aliphatic hydroxyl groups is 1. The number of piperidine rings is 1. The summed E-state index contributed by atoms with van der Waals surface area (Å²) in [5.41, 5.74) is -0.368. The lowest BCUT2D eigenvalue weighted by Crippen LogP contribution is -2.57. The molecule has 0 saturated carbocycles. The summed E-state index contributed by atoms with van der Waals surface area (Å²) in [4.78, 5) is 13.7. The molecule has 1 aromatic carbocycles. The summed E-state index contributed by atoms with van der Waals surface area (Å²) in [7, 11) is 1.49.